The Morgan fingerprint density at radius 1 is 1.03 bits per heavy atom. The second kappa shape index (κ2) is 8.39. The van der Waals surface area contributed by atoms with Crippen LogP contribution in [0, 0.1) is 6.92 Å². The average Bonchev–Trinajstić information content (AvgIpc) is 3.18. The molecular formula is C21H19N7O2. The highest BCUT2D eigenvalue weighted by Gasteiger charge is 2.11. The van der Waals surface area contributed by atoms with E-state index in [1.807, 2.05) is 43.3 Å². The van der Waals surface area contributed by atoms with E-state index < -0.39 is 5.97 Å². The van der Waals surface area contributed by atoms with Gasteiger partial charge in [-0.15, -0.1) is 0 Å². The first-order chi connectivity index (χ1) is 14.6. The molecule has 4 aromatic rings. The number of hydrogen-bond donors (Lipinski definition) is 2. The summed E-state index contributed by atoms with van der Waals surface area (Å²) in [7, 11) is 0. The Hall–Kier alpha value is -4.27. The number of aryl methyl sites for hydroxylation is 1. The maximum Gasteiger partial charge on any atom is 0.338 e. The van der Waals surface area contributed by atoms with Crippen LogP contribution in [0.2, 0.25) is 0 Å². The summed E-state index contributed by atoms with van der Waals surface area (Å²) < 4.78 is 7.11. The van der Waals surface area contributed by atoms with E-state index in [0.717, 1.165) is 17.1 Å². The van der Waals surface area contributed by atoms with Crippen LogP contribution in [-0.4, -0.2) is 30.7 Å². The van der Waals surface area contributed by atoms with Gasteiger partial charge in [0.25, 0.3) is 0 Å². The van der Waals surface area contributed by atoms with Crippen molar-refractivity contribution >= 4 is 23.6 Å². The van der Waals surface area contributed by atoms with E-state index in [4.69, 9.17) is 10.5 Å². The molecule has 2 heterocycles. The van der Waals surface area contributed by atoms with Crippen LogP contribution in [0.5, 0.6) is 0 Å². The Kier molecular flexibility index (Phi) is 5.33. The molecule has 0 aliphatic heterocycles. The smallest absolute Gasteiger partial charge is 0.338 e. The van der Waals surface area contributed by atoms with Gasteiger partial charge < -0.3 is 15.8 Å². The zero-order valence-electron chi connectivity index (χ0n) is 16.2. The molecule has 0 spiro atoms. The molecule has 30 heavy (non-hydrogen) atoms. The van der Waals surface area contributed by atoms with E-state index in [-0.39, 0.29) is 24.3 Å². The third-order valence-corrected chi connectivity index (χ3v) is 4.24. The lowest BCUT2D eigenvalue weighted by Crippen LogP contribution is -2.11. The zero-order chi connectivity index (χ0) is 20.9. The summed E-state index contributed by atoms with van der Waals surface area (Å²) in [5.41, 5.74) is 8.82. The summed E-state index contributed by atoms with van der Waals surface area (Å²) in [6.07, 6.45) is 1.72. The Morgan fingerprint density at radius 2 is 1.80 bits per heavy atom. The molecule has 150 valence electrons. The molecule has 0 unspecified atom stereocenters. The summed E-state index contributed by atoms with van der Waals surface area (Å²) in [5.74, 6) is 0.0699. The maximum atomic E-state index is 12.4. The molecule has 0 atom stereocenters. The minimum absolute atomic E-state index is 0.0356. The van der Waals surface area contributed by atoms with Gasteiger partial charge in [0.1, 0.15) is 0 Å². The van der Waals surface area contributed by atoms with Crippen molar-refractivity contribution in [1.29, 1.82) is 0 Å². The monoisotopic (exact) mass is 401 g/mol. The number of esters is 1. The van der Waals surface area contributed by atoms with Gasteiger partial charge in [0.05, 0.1) is 11.3 Å². The van der Waals surface area contributed by atoms with Gasteiger partial charge in [-0.1, -0.05) is 18.2 Å². The fourth-order valence-electron chi connectivity index (χ4n) is 2.80. The van der Waals surface area contributed by atoms with Gasteiger partial charge in [-0.25, -0.2) is 9.48 Å². The predicted molar refractivity (Wildman–Crippen MR) is 111 cm³/mol. The molecule has 9 nitrogen and oxygen atoms in total. The SMILES string of the molecule is Cc1ccnn1-c1ccc(C(=O)OCc2nc(N)nc(Nc3ccccc3)n2)cc1. The summed E-state index contributed by atoms with van der Waals surface area (Å²) in [6.45, 7) is 1.82. The Bertz CT molecular complexity index is 1160. The van der Waals surface area contributed by atoms with Gasteiger partial charge in [0.2, 0.25) is 11.9 Å². The van der Waals surface area contributed by atoms with Crippen LogP contribution < -0.4 is 11.1 Å². The van der Waals surface area contributed by atoms with Gasteiger partial charge in [0.15, 0.2) is 12.4 Å². The number of anilines is 3. The standard InChI is InChI=1S/C21H19N7O2/c1-14-11-12-23-28(14)17-9-7-15(8-10-17)19(29)30-13-18-25-20(22)27-21(26-18)24-16-5-3-2-4-6-16/h2-12H,13H2,1H3,(H3,22,24,25,26,27). The van der Waals surface area contributed by atoms with Crippen LogP contribution in [-0.2, 0) is 11.3 Å². The second-order valence-corrected chi connectivity index (χ2v) is 6.43. The van der Waals surface area contributed by atoms with E-state index >= 15 is 0 Å². The highest BCUT2D eigenvalue weighted by molar-refractivity contribution is 5.89. The van der Waals surface area contributed by atoms with Crippen molar-refractivity contribution in [2.45, 2.75) is 13.5 Å². The Balaban J connectivity index is 1.41. The highest BCUT2D eigenvalue weighted by atomic mass is 16.5. The number of nitrogens with zero attached hydrogens (tertiary/aromatic N) is 5. The molecule has 0 saturated heterocycles. The maximum absolute atomic E-state index is 12.4. The summed E-state index contributed by atoms with van der Waals surface area (Å²) >= 11 is 0. The highest BCUT2D eigenvalue weighted by Crippen LogP contribution is 2.15. The van der Waals surface area contributed by atoms with Crippen LogP contribution >= 0.6 is 0 Å². The number of nitrogens with two attached hydrogens (primary N) is 1. The molecule has 0 aliphatic rings. The number of ether oxygens (including phenoxy) is 1. The van der Waals surface area contributed by atoms with Gasteiger partial charge in [-0.3, -0.25) is 0 Å². The normalized spacial score (nSPS) is 10.6. The molecular weight excluding hydrogens is 382 g/mol. The quantitative estimate of drug-likeness (QED) is 0.473. The Morgan fingerprint density at radius 3 is 2.50 bits per heavy atom. The molecule has 2 aromatic heterocycles. The molecule has 0 aliphatic carbocycles. The summed E-state index contributed by atoms with van der Waals surface area (Å²) in [6, 6.07) is 18.3. The molecule has 3 N–H and O–H groups in total. The number of nitrogens with one attached hydrogen (secondary N) is 1. The average molecular weight is 401 g/mol. The van der Waals surface area contributed by atoms with Crippen molar-refractivity contribution in [3.63, 3.8) is 0 Å². The molecule has 0 bridgehead atoms. The third-order valence-electron chi connectivity index (χ3n) is 4.24. The molecule has 0 saturated carbocycles. The van der Waals surface area contributed by atoms with Gasteiger partial charge in [-0.2, -0.15) is 20.1 Å². The molecule has 0 radical (unpaired) electrons. The largest absolute Gasteiger partial charge is 0.454 e. The van der Waals surface area contributed by atoms with E-state index in [1.165, 1.54) is 0 Å². The van der Waals surface area contributed by atoms with Crippen LogP contribution in [0.25, 0.3) is 5.69 Å². The molecule has 4 rings (SSSR count). The van der Waals surface area contributed by atoms with E-state index in [2.05, 4.69) is 25.4 Å². The van der Waals surface area contributed by atoms with Crippen molar-refractivity contribution in [2.75, 3.05) is 11.1 Å². The fraction of sp³-hybridized carbons (Fsp3) is 0.0952. The lowest BCUT2D eigenvalue weighted by molar-refractivity contribution is 0.0462. The minimum atomic E-state index is -0.490. The predicted octanol–water partition coefficient (Wildman–Crippen LogP) is 3.05. The Labute approximate surface area is 172 Å². The van der Waals surface area contributed by atoms with Crippen molar-refractivity contribution < 1.29 is 9.53 Å². The van der Waals surface area contributed by atoms with Gasteiger partial charge in [0, 0.05) is 17.6 Å². The second-order valence-electron chi connectivity index (χ2n) is 6.43. The first kappa shape index (κ1) is 19.1. The van der Waals surface area contributed by atoms with E-state index in [9.17, 15) is 4.79 Å². The van der Waals surface area contributed by atoms with Gasteiger partial charge in [-0.05, 0) is 49.4 Å². The van der Waals surface area contributed by atoms with Crippen LogP contribution in [0.3, 0.4) is 0 Å². The number of para-hydroxylation sites is 1. The summed E-state index contributed by atoms with van der Waals surface area (Å²) in [5, 5.41) is 7.28. The lowest BCUT2D eigenvalue weighted by atomic mass is 10.2. The van der Waals surface area contributed by atoms with Crippen LogP contribution in [0.4, 0.5) is 17.6 Å². The number of carbonyl (C=O) groups is 1. The van der Waals surface area contributed by atoms with Crippen molar-refractivity contribution in [3.05, 3.63) is 83.9 Å². The van der Waals surface area contributed by atoms with E-state index in [0.29, 0.717) is 5.56 Å². The number of nitrogen functional groups attached to an aromatic ring is 1. The minimum Gasteiger partial charge on any atom is -0.454 e. The van der Waals surface area contributed by atoms with Crippen molar-refractivity contribution in [1.82, 2.24) is 24.7 Å². The molecule has 0 amide bonds. The first-order valence-electron chi connectivity index (χ1n) is 9.19. The summed E-state index contributed by atoms with van der Waals surface area (Å²) in [4.78, 5) is 24.7. The number of aromatic nitrogens is 5. The van der Waals surface area contributed by atoms with Crippen molar-refractivity contribution in [3.8, 4) is 5.69 Å². The van der Waals surface area contributed by atoms with Gasteiger partial charge >= 0.3 is 5.97 Å². The van der Waals surface area contributed by atoms with Crippen LogP contribution in [0.15, 0.2) is 66.9 Å². The van der Waals surface area contributed by atoms with Crippen molar-refractivity contribution in [2.24, 2.45) is 0 Å². The number of hydrogen-bond acceptors (Lipinski definition) is 8. The lowest BCUT2D eigenvalue weighted by Gasteiger charge is -2.09. The fourth-order valence-corrected chi connectivity index (χ4v) is 2.80. The molecule has 2 aromatic carbocycles. The first-order valence-corrected chi connectivity index (χ1v) is 9.19. The molecule has 0 fully saturated rings. The van der Waals surface area contributed by atoms with Crippen LogP contribution in [0.1, 0.15) is 21.9 Å². The molecule has 9 heteroatoms. The third kappa shape index (κ3) is 4.41. The zero-order valence-corrected chi connectivity index (χ0v) is 16.2. The topological polar surface area (TPSA) is 121 Å². The number of rotatable bonds is 6. The van der Waals surface area contributed by atoms with E-state index in [1.54, 1.807) is 35.1 Å². The number of carbonyl (C=O) groups excluding carboxylic acids is 1. The number of benzene rings is 2.